The molecule has 0 radical (unpaired) electrons. The highest BCUT2D eigenvalue weighted by molar-refractivity contribution is 5.82. The largest absolute Gasteiger partial charge is 0.342 e. The quantitative estimate of drug-likeness (QED) is 0.435. The van der Waals surface area contributed by atoms with Crippen molar-refractivity contribution in [3.63, 3.8) is 0 Å². The van der Waals surface area contributed by atoms with Crippen molar-refractivity contribution < 1.29 is 8.78 Å². The number of hydrogen-bond donors (Lipinski definition) is 1. The zero-order chi connectivity index (χ0) is 20.0. The Kier molecular flexibility index (Phi) is 4.53. The van der Waals surface area contributed by atoms with Gasteiger partial charge in [-0.3, -0.25) is 4.98 Å². The zero-order valence-corrected chi connectivity index (χ0v) is 16.3. The molecule has 29 heavy (non-hydrogen) atoms. The lowest BCUT2D eigenvalue weighted by Crippen LogP contribution is -2.19. The first kappa shape index (κ1) is 18.2. The van der Waals surface area contributed by atoms with Crippen LogP contribution in [-0.2, 0) is 0 Å². The maximum absolute atomic E-state index is 13.8. The second-order valence-electron chi connectivity index (χ2n) is 8.25. The van der Waals surface area contributed by atoms with Crippen LogP contribution in [-0.4, -0.2) is 15.0 Å². The van der Waals surface area contributed by atoms with E-state index in [1.54, 1.807) is 18.2 Å². The van der Waals surface area contributed by atoms with Crippen LogP contribution in [0.3, 0.4) is 0 Å². The highest BCUT2D eigenvalue weighted by Gasteiger charge is 2.29. The minimum Gasteiger partial charge on any atom is -0.342 e. The fourth-order valence-electron chi connectivity index (χ4n) is 4.86. The molecule has 148 valence electrons. The van der Waals surface area contributed by atoms with E-state index in [2.05, 4.69) is 21.9 Å². The van der Waals surface area contributed by atoms with E-state index in [1.165, 1.54) is 23.8 Å². The SMILES string of the molecule is C[C@@H](c1nc2cc(F)ccc2[nH]1)[C@H]1CC[C@@H](c2ccnc3ccc(F)cc32)CC1. The molecule has 2 aromatic heterocycles. The van der Waals surface area contributed by atoms with Crippen molar-refractivity contribution in [2.75, 3.05) is 0 Å². The summed E-state index contributed by atoms with van der Waals surface area (Å²) in [5.74, 6) is 1.71. The fraction of sp³-hybridized carbons (Fsp3) is 0.333. The molecule has 0 bridgehead atoms. The summed E-state index contributed by atoms with van der Waals surface area (Å²) in [6.45, 7) is 2.20. The molecule has 0 amide bonds. The van der Waals surface area contributed by atoms with Crippen molar-refractivity contribution in [2.24, 2.45) is 5.92 Å². The van der Waals surface area contributed by atoms with Crippen LogP contribution in [0, 0.1) is 17.6 Å². The minimum atomic E-state index is -0.260. The molecular formula is C24H23F2N3. The molecule has 2 heterocycles. The molecule has 0 unspecified atom stereocenters. The number of nitrogens with zero attached hydrogens (tertiary/aromatic N) is 2. The Labute approximate surface area is 168 Å². The van der Waals surface area contributed by atoms with E-state index < -0.39 is 0 Å². The van der Waals surface area contributed by atoms with Crippen LogP contribution >= 0.6 is 0 Å². The summed E-state index contributed by atoms with van der Waals surface area (Å²) in [4.78, 5) is 12.4. The number of halogens is 2. The molecule has 1 saturated carbocycles. The third kappa shape index (κ3) is 3.39. The van der Waals surface area contributed by atoms with Crippen molar-refractivity contribution in [3.05, 3.63) is 71.7 Å². The smallest absolute Gasteiger partial charge is 0.125 e. The number of rotatable bonds is 3. The Morgan fingerprint density at radius 3 is 2.52 bits per heavy atom. The van der Waals surface area contributed by atoms with E-state index in [-0.39, 0.29) is 17.6 Å². The molecule has 0 spiro atoms. The van der Waals surface area contributed by atoms with Gasteiger partial charge < -0.3 is 4.98 Å². The highest BCUT2D eigenvalue weighted by atomic mass is 19.1. The summed E-state index contributed by atoms with van der Waals surface area (Å²) in [5.41, 5.74) is 3.63. The molecule has 0 aliphatic heterocycles. The van der Waals surface area contributed by atoms with Crippen LogP contribution in [0.4, 0.5) is 8.78 Å². The molecule has 5 heteroatoms. The lowest BCUT2D eigenvalue weighted by Gasteiger charge is -2.32. The van der Waals surface area contributed by atoms with Gasteiger partial charge in [-0.05, 0) is 79.5 Å². The van der Waals surface area contributed by atoms with Crippen molar-refractivity contribution in [1.29, 1.82) is 0 Å². The molecule has 1 fully saturated rings. The molecule has 1 aliphatic rings. The summed E-state index contributed by atoms with van der Waals surface area (Å²) in [5, 5.41) is 0.934. The van der Waals surface area contributed by atoms with Gasteiger partial charge in [0.2, 0.25) is 0 Å². The van der Waals surface area contributed by atoms with Crippen molar-refractivity contribution in [3.8, 4) is 0 Å². The van der Waals surface area contributed by atoms with Crippen LogP contribution in [0.15, 0.2) is 48.7 Å². The van der Waals surface area contributed by atoms with Gasteiger partial charge in [-0.1, -0.05) is 6.92 Å². The van der Waals surface area contributed by atoms with E-state index >= 15 is 0 Å². The number of aromatic nitrogens is 3. The molecule has 1 N–H and O–H groups in total. The van der Waals surface area contributed by atoms with E-state index in [0.717, 1.165) is 47.9 Å². The molecule has 5 rings (SSSR count). The monoisotopic (exact) mass is 391 g/mol. The number of imidazole rings is 1. The van der Waals surface area contributed by atoms with Gasteiger partial charge in [-0.15, -0.1) is 0 Å². The number of nitrogens with one attached hydrogen (secondary N) is 1. The number of benzene rings is 2. The minimum absolute atomic E-state index is 0.213. The Bertz CT molecular complexity index is 1180. The van der Waals surface area contributed by atoms with Gasteiger partial charge in [0.15, 0.2) is 0 Å². The lowest BCUT2D eigenvalue weighted by atomic mass is 9.73. The molecule has 2 aromatic carbocycles. The summed E-state index contributed by atoms with van der Waals surface area (Å²) >= 11 is 0. The third-order valence-corrected chi connectivity index (χ3v) is 6.55. The second kappa shape index (κ2) is 7.21. The van der Waals surface area contributed by atoms with Crippen molar-refractivity contribution >= 4 is 21.9 Å². The van der Waals surface area contributed by atoms with Gasteiger partial charge >= 0.3 is 0 Å². The first-order valence-corrected chi connectivity index (χ1v) is 10.3. The van der Waals surface area contributed by atoms with Crippen LogP contribution in [0.2, 0.25) is 0 Å². The fourth-order valence-corrected chi connectivity index (χ4v) is 4.86. The van der Waals surface area contributed by atoms with E-state index in [4.69, 9.17) is 0 Å². The Hall–Kier alpha value is -2.82. The Morgan fingerprint density at radius 1 is 0.931 bits per heavy atom. The summed E-state index contributed by atoms with van der Waals surface area (Å²) < 4.78 is 27.3. The first-order valence-electron chi connectivity index (χ1n) is 10.3. The van der Waals surface area contributed by atoms with Crippen LogP contribution in [0.25, 0.3) is 21.9 Å². The summed E-state index contributed by atoms with van der Waals surface area (Å²) in [6.07, 6.45) is 6.16. The van der Waals surface area contributed by atoms with Crippen LogP contribution < -0.4 is 0 Å². The van der Waals surface area contributed by atoms with Gasteiger partial charge in [0.1, 0.15) is 17.5 Å². The zero-order valence-electron chi connectivity index (χ0n) is 16.3. The number of hydrogen-bond acceptors (Lipinski definition) is 2. The van der Waals surface area contributed by atoms with Gasteiger partial charge in [0, 0.05) is 23.6 Å². The molecular weight excluding hydrogens is 368 g/mol. The molecule has 1 aliphatic carbocycles. The average Bonchev–Trinajstić information content (AvgIpc) is 3.16. The maximum atomic E-state index is 13.8. The standard InChI is InChI=1S/C24H23F2N3/c1-14(24-28-22-9-7-18(26)13-23(22)29-24)15-2-4-16(5-3-15)19-10-11-27-21-8-6-17(25)12-20(19)21/h6-16H,2-5H2,1H3,(H,28,29)/t14-,15-,16+/m1/s1. The van der Waals surface area contributed by atoms with Crippen LogP contribution in [0.5, 0.6) is 0 Å². The summed E-state index contributed by atoms with van der Waals surface area (Å²) in [7, 11) is 0. The predicted octanol–water partition coefficient (Wildman–Crippen LogP) is 6.47. The number of pyridine rings is 1. The van der Waals surface area contributed by atoms with E-state index in [1.807, 2.05) is 12.3 Å². The third-order valence-electron chi connectivity index (χ3n) is 6.55. The Balaban J connectivity index is 1.34. The maximum Gasteiger partial charge on any atom is 0.125 e. The Morgan fingerprint density at radius 2 is 1.69 bits per heavy atom. The van der Waals surface area contributed by atoms with E-state index in [0.29, 0.717) is 17.4 Å². The first-order chi connectivity index (χ1) is 14.1. The topological polar surface area (TPSA) is 41.6 Å². The van der Waals surface area contributed by atoms with Gasteiger partial charge in [-0.2, -0.15) is 0 Å². The number of fused-ring (bicyclic) bond motifs is 2. The van der Waals surface area contributed by atoms with Gasteiger partial charge in [0.05, 0.1) is 16.6 Å². The van der Waals surface area contributed by atoms with Crippen molar-refractivity contribution in [2.45, 2.75) is 44.4 Å². The molecule has 1 atom stereocenters. The average molecular weight is 391 g/mol. The number of H-pyrrole nitrogens is 1. The van der Waals surface area contributed by atoms with E-state index in [9.17, 15) is 8.78 Å². The lowest BCUT2D eigenvalue weighted by molar-refractivity contribution is 0.286. The summed E-state index contributed by atoms with van der Waals surface area (Å²) in [6, 6.07) is 11.6. The number of aromatic amines is 1. The predicted molar refractivity (Wildman–Crippen MR) is 111 cm³/mol. The molecule has 0 saturated heterocycles. The van der Waals surface area contributed by atoms with Gasteiger partial charge in [0.25, 0.3) is 0 Å². The molecule has 3 nitrogen and oxygen atoms in total. The van der Waals surface area contributed by atoms with Crippen LogP contribution in [0.1, 0.15) is 55.8 Å². The molecule has 4 aromatic rings. The normalized spacial score (nSPS) is 20.9. The second-order valence-corrected chi connectivity index (χ2v) is 8.25. The van der Waals surface area contributed by atoms with Crippen molar-refractivity contribution in [1.82, 2.24) is 15.0 Å². The van der Waals surface area contributed by atoms with Gasteiger partial charge in [-0.25, -0.2) is 13.8 Å². The highest BCUT2D eigenvalue weighted by Crippen LogP contribution is 2.42.